The van der Waals surface area contributed by atoms with Crippen molar-refractivity contribution < 1.29 is 9.53 Å². The van der Waals surface area contributed by atoms with Gasteiger partial charge in [0.2, 0.25) is 0 Å². The molecular formula is C17H14BrClO2. The summed E-state index contributed by atoms with van der Waals surface area (Å²) in [5.74, 6) is 0.709. The van der Waals surface area contributed by atoms with E-state index in [1.54, 1.807) is 18.2 Å². The van der Waals surface area contributed by atoms with Crippen molar-refractivity contribution in [2.75, 3.05) is 0 Å². The van der Waals surface area contributed by atoms with Crippen LogP contribution in [0.2, 0.25) is 5.02 Å². The van der Waals surface area contributed by atoms with Crippen molar-refractivity contribution in [3.05, 3.63) is 75.2 Å². The molecule has 2 nitrogen and oxygen atoms in total. The maximum absolute atomic E-state index is 10.9. The molecule has 0 aliphatic carbocycles. The predicted octanol–water partition coefficient (Wildman–Crippen LogP) is 5.22. The van der Waals surface area contributed by atoms with E-state index in [-0.39, 0.29) is 0 Å². The monoisotopic (exact) mass is 364 g/mol. The van der Waals surface area contributed by atoms with Gasteiger partial charge in [-0.25, -0.2) is 0 Å². The molecule has 0 spiro atoms. The zero-order chi connectivity index (χ0) is 15.2. The van der Waals surface area contributed by atoms with Crippen molar-refractivity contribution in [3.63, 3.8) is 0 Å². The standard InChI is InChI=1S/C17H14BrClO2/c1-2-5-13-8-12(10-20)9-15(18)17(13)21-11-14-6-3-4-7-16(14)19/h2-4,6-10H,1,5,11H2. The third-order valence-electron chi connectivity index (χ3n) is 2.97. The quantitative estimate of drug-likeness (QED) is 0.518. The van der Waals surface area contributed by atoms with E-state index in [4.69, 9.17) is 16.3 Å². The summed E-state index contributed by atoms with van der Waals surface area (Å²) in [6.07, 6.45) is 3.21. The van der Waals surface area contributed by atoms with Crippen molar-refractivity contribution in [1.29, 1.82) is 0 Å². The average Bonchev–Trinajstić information content (AvgIpc) is 2.48. The van der Waals surface area contributed by atoms with Crippen LogP contribution in [-0.4, -0.2) is 6.29 Å². The van der Waals surface area contributed by atoms with Gasteiger partial charge in [0.05, 0.1) is 4.47 Å². The molecule has 0 N–H and O–H groups in total. The molecule has 0 saturated carbocycles. The normalized spacial score (nSPS) is 10.2. The topological polar surface area (TPSA) is 26.3 Å². The van der Waals surface area contributed by atoms with Crippen molar-refractivity contribution in [2.45, 2.75) is 13.0 Å². The number of carbonyl (C=O) groups is 1. The number of allylic oxidation sites excluding steroid dienone is 1. The smallest absolute Gasteiger partial charge is 0.150 e. The van der Waals surface area contributed by atoms with E-state index in [0.29, 0.717) is 29.4 Å². The molecule has 2 aromatic rings. The Labute approximate surface area is 137 Å². The highest BCUT2D eigenvalue weighted by molar-refractivity contribution is 9.10. The number of carbonyl (C=O) groups excluding carboxylic acids is 1. The van der Waals surface area contributed by atoms with E-state index in [2.05, 4.69) is 22.5 Å². The molecule has 0 unspecified atom stereocenters. The maximum atomic E-state index is 10.9. The van der Waals surface area contributed by atoms with Crippen LogP contribution in [0.25, 0.3) is 0 Å². The van der Waals surface area contributed by atoms with Crippen molar-refractivity contribution in [1.82, 2.24) is 0 Å². The van der Waals surface area contributed by atoms with E-state index < -0.39 is 0 Å². The van der Waals surface area contributed by atoms with Crippen LogP contribution >= 0.6 is 27.5 Å². The molecule has 21 heavy (non-hydrogen) atoms. The summed E-state index contributed by atoms with van der Waals surface area (Å²) in [4.78, 5) is 10.9. The molecule has 0 fully saturated rings. The zero-order valence-electron chi connectivity index (χ0n) is 11.3. The van der Waals surface area contributed by atoms with Gasteiger partial charge in [-0.15, -0.1) is 6.58 Å². The second kappa shape index (κ2) is 7.43. The molecule has 0 saturated heterocycles. The second-order valence-corrected chi connectivity index (χ2v) is 5.74. The molecule has 108 valence electrons. The van der Waals surface area contributed by atoms with Crippen LogP contribution < -0.4 is 4.74 Å². The summed E-state index contributed by atoms with van der Waals surface area (Å²) in [5.41, 5.74) is 2.42. The summed E-state index contributed by atoms with van der Waals surface area (Å²) in [6, 6.07) is 11.1. The molecule has 0 aliphatic heterocycles. The van der Waals surface area contributed by atoms with Crippen LogP contribution in [0.1, 0.15) is 21.5 Å². The number of benzene rings is 2. The van der Waals surface area contributed by atoms with Gasteiger partial charge in [0.1, 0.15) is 18.6 Å². The molecule has 2 rings (SSSR count). The highest BCUT2D eigenvalue weighted by atomic mass is 79.9. The first-order valence-electron chi connectivity index (χ1n) is 6.40. The largest absolute Gasteiger partial charge is 0.487 e. The molecule has 0 heterocycles. The Morgan fingerprint density at radius 3 is 2.67 bits per heavy atom. The summed E-state index contributed by atoms with van der Waals surface area (Å²) in [7, 11) is 0. The summed E-state index contributed by atoms with van der Waals surface area (Å²) < 4.78 is 6.64. The molecule has 0 atom stereocenters. The molecule has 0 amide bonds. The predicted molar refractivity (Wildman–Crippen MR) is 89.2 cm³/mol. The van der Waals surface area contributed by atoms with Crippen LogP contribution in [0, 0.1) is 0 Å². The fourth-order valence-electron chi connectivity index (χ4n) is 1.98. The fraction of sp³-hybridized carbons (Fsp3) is 0.118. The highest BCUT2D eigenvalue weighted by Crippen LogP contribution is 2.32. The minimum absolute atomic E-state index is 0.364. The maximum Gasteiger partial charge on any atom is 0.150 e. The van der Waals surface area contributed by atoms with Gasteiger partial charge in [0.25, 0.3) is 0 Å². The second-order valence-electron chi connectivity index (χ2n) is 4.48. The number of hydrogen-bond donors (Lipinski definition) is 0. The lowest BCUT2D eigenvalue weighted by Gasteiger charge is -2.14. The van der Waals surface area contributed by atoms with Crippen LogP contribution in [0.15, 0.2) is 53.5 Å². The van der Waals surface area contributed by atoms with Gasteiger partial charge in [0, 0.05) is 16.1 Å². The van der Waals surface area contributed by atoms with E-state index in [9.17, 15) is 4.79 Å². The Morgan fingerprint density at radius 1 is 1.24 bits per heavy atom. The number of ether oxygens (including phenoxy) is 1. The lowest BCUT2D eigenvalue weighted by Crippen LogP contribution is -2.01. The van der Waals surface area contributed by atoms with Crippen molar-refractivity contribution in [2.24, 2.45) is 0 Å². The van der Waals surface area contributed by atoms with E-state index in [1.165, 1.54) is 0 Å². The molecule has 0 radical (unpaired) electrons. The molecule has 0 aromatic heterocycles. The molecule has 0 bridgehead atoms. The highest BCUT2D eigenvalue weighted by Gasteiger charge is 2.11. The Balaban J connectivity index is 2.28. The van der Waals surface area contributed by atoms with Gasteiger partial charge in [-0.3, -0.25) is 4.79 Å². The van der Waals surface area contributed by atoms with E-state index >= 15 is 0 Å². The van der Waals surface area contributed by atoms with Gasteiger partial charge in [-0.2, -0.15) is 0 Å². The summed E-state index contributed by atoms with van der Waals surface area (Å²) in [5, 5.41) is 0.670. The molecule has 4 heteroatoms. The lowest BCUT2D eigenvalue weighted by atomic mass is 10.1. The third-order valence-corrected chi connectivity index (χ3v) is 3.93. The Hall–Kier alpha value is -1.58. The van der Waals surface area contributed by atoms with Gasteiger partial charge < -0.3 is 4.74 Å². The summed E-state index contributed by atoms with van der Waals surface area (Å²) >= 11 is 9.57. The van der Waals surface area contributed by atoms with E-state index in [1.807, 2.05) is 24.3 Å². The van der Waals surface area contributed by atoms with Gasteiger partial charge in [0.15, 0.2) is 0 Å². The number of aldehydes is 1. The van der Waals surface area contributed by atoms with Gasteiger partial charge >= 0.3 is 0 Å². The average molecular weight is 366 g/mol. The van der Waals surface area contributed by atoms with Gasteiger partial charge in [-0.05, 0) is 46.1 Å². The SMILES string of the molecule is C=CCc1cc(C=O)cc(Br)c1OCc1ccccc1Cl. The zero-order valence-corrected chi connectivity index (χ0v) is 13.7. The Morgan fingerprint density at radius 2 is 2.00 bits per heavy atom. The first-order valence-corrected chi connectivity index (χ1v) is 7.57. The minimum Gasteiger partial charge on any atom is -0.487 e. The molecule has 2 aromatic carbocycles. The lowest BCUT2D eigenvalue weighted by molar-refractivity contribution is 0.112. The number of rotatable bonds is 6. The molecule has 0 aliphatic rings. The minimum atomic E-state index is 0.364. The Bertz CT molecular complexity index is 668. The van der Waals surface area contributed by atoms with Crippen LogP contribution in [0.4, 0.5) is 0 Å². The number of hydrogen-bond acceptors (Lipinski definition) is 2. The van der Waals surface area contributed by atoms with Gasteiger partial charge in [-0.1, -0.05) is 35.9 Å². The number of halogens is 2. The van der Waals surface area contributed by atoms with Crippen molar-refractivity contribution >= 4 is 33.8 Å². The molecular weight excluding hydrogens is 352 g/mol. The summed E-state index contributed by atoms with van der Waals surface area (Å²) in [6.45, 7) is 4.10. The first kappa shape index (κ1) is 15.8. The Kier molecular flexibility index (Phi) is 5.59. The van der Waals surface area contributed by atoms with Crippen molar-refractivity contribution in [3.8, 4) is 5.75 Å². The fourth-order valence-corrected chi connectivity index (χ4v) is 2.80. The van der Waals surface area contributed by atoms with Crippen LogP contribution in [0.5, 0.6) is 5.75 Å². The third kappa shape index (κ3) is 3.96. The van der Waals surface area contributed by atoms with Crippen LogP contribution in [-0.2, 0) is 13.0 Å². The van der Waals surface area contributed by atoms with E-state index in [0.717, 1.165) is 21.9 Å². The van der Waals surface area contributed by atoms with Crippen LogP contribution in [0.3, 0.4) is 0 Å². The first-order chi connectivity index (χ1) is 10.2.